The zero-order valence-corrected chi connectivity index (χ0v) is 6.79. The Balaban J connectivity index is 2.85. The Kier molecular flexibility index (Phi) is 2.00. The van der Waals surface area contributed by atoms with Gasteiger partial charge in [0.15, 0.2) is 0 Å². The molecule has 1 aliphatic carbocycles. The lowest BCUT2D eigenvalue weighted by atomic mass is 9.75. The Labute approximate surface area is 69.6 Å². The number of carbonyl (C=O) groups is 3. The standard InChI is InChI=1S/C8H10O4/c1-8(7(11)12)3-5(9)2-6(10)4-8/h2-4H2,1H3,(H,11,12). The first-order chi connectivity index (χ1) is 5.44. The fraction of sp³-hybridized carbons (Fsp3) is 0.625. The summed E-state index contributed by atoms with van der Waals surface area (Å²) in [6.07, 6.45) is -0.134. The van der Waals surface area contributed by atoms with Crippen LogP contribution in [0.3, 0.4) is 0 Å². The Morgan fingerprint density at radius 2 is 1.75 bits per heavy atom. The van der Waals surface area contributed by atoms with Gasteiger partial charge in [0.1, 0.15) is 11.6 Å². The zero-order chi connectivity index (χ0) is 9.35. The van der Waals surface area contributed by atoms with E-state index >= 15 is 0 Å². The summed E-state index contributed by atoms with van der Waals surface area (Å²) in [5.74, 6) is -1.60. The Morgan fingerprint density at radius 1 is 1.33 bits per heavy atom. The summed E-state index contributed by atoms with van der Waals surface area (Å²) in [6.45, 7) is 1.43. The van der Waals surface area contributed by atoms with Gasteiger partial charge in [0.25, 0.3) is 0 Å². The van der Waals surface area contributed by atoms with Crippen molar-refractivity contribution in [3.8, 4) is 0 Å². The van der Waals surface area contributed by atoms with Gasteiger partial charge in [0, 0.05) is 12.8 Å². The second-order valence-electron chi connectivity index (χ2n) is 3.47. The first kappa shape index (κ1) is 8.90. The largest absolute Gasteiger partial charge is 0.481 e. The molecule has 0 aromatic carbocycles. The molecule has 0 radical (unpaired) electrons. The zero-order valence-electron chi connectivity index (χ0n) is 6.79. The molecule has 4 heteroatoms. The molecule has 0 saturated heterocycles. The lowest BCUT2D eigenvalue weighted by Gasteiger charge is -2.26. The smallest absolute Gasteiger partial charge is 0.310 e. The van der Waals surface area contributed by atoms with Crippen molar-refractivity contribution in [3.05, 3.63) is 0 Å². The van der Waals surface area contributed by atoms with Crippen LogP contribution < -0.4 is 0 Å². The van der Waals surface area contributed by atoms with Crippen molar-refractivity contribution in [2.45, 2.75) is 26.2 Å². The van der Waals surface area contributed by atoms with Crippen molar-refractivity contribution in [2.75, 3.05) is 0 Å². The molecule has 0 unspecified atom stereocenters. The summed E-state index contributed by atoms with van der Waals surface area (Å²) in [5.41, 5.74) is -1.16. The van der Waals surface area contributed by atoms with Crippen LogP contribution in [-0.4, -0.2) is 22.6 Å². The predicted molar refractivity (Wildman–Crippen MR) is 39.6 cm³/mol. The maximum absolute atomic E-state index is 10.9. The van der Waals surface area contributed by atoms with Crippen molar-refractivity contribution in [1.29, 1.82) is 0 Å². The molecule has 0 aliphatic heterocycles. The van der Waals surface area contributed by atoms with Crippen LogP contribution in [-0.2, 0) is 14.4 Å². The molecule has 12 heavy (non-hydrogen) atoms. The molecule has 1 fully saturated rings. The quantitative estimate of drug-likeness (QED) is 0.578. The van der Waals surface area contributed by atoms with E-state index in [-0.39, 0.29) is 30.8 Å². The van der Waals surface area contributed by atoms with Gasteiger partial charge < -0.3 is 5.11 Å². The molecule has 0 aromatic heterocycles. The first-order valence-corrected chi connectivity index (χ1v) is 3.71. The van der Waals surface area contributed by atoms with Gasteiger partial charge in [0.05, 0.1) is 11.8 Å². The molecule has 0 amide bonds. The van der Waals surface area contributed by atoms with Crippen LogP contribution in [0, 0.1) is 5.41 Å². The molecular weight excluding hydrogens is 160 g/mol. The van der Waals surface area contributed by atoms with Crippen molar-refractivity contribution in [3.63, 3.8) is 0 Å². The number of ketones is 2. The molecule has 0 aromatic rings. The van der Waals surface area contributed by atoms with Crippen LogP contribution in [0.1, 0.15) is 26.2 Å². The molecule has 0 spiro atoms. The van der Waals surface area contributed by atoms with Crippen molar-refractivity contribution < 1.29 is 19.5 Å². The fourth-order valence-corrected chi connectivity index (χ4v) is 1.43. The molecule has 0 atom stereocenters. The van der Waals surface area contributed by atoms with E-state index in [2.05, 4.69) is 0 Å². The molecule has 1 aliphatic rings. The third kappa shape index (κ3) is 1.52. The van der Waals surface area contributed by atoms with Crippen LogP contribution >= 0.6 is 0 Å². The summed E-state index contributed by atoms with van der Waals surface area (Å²) in [5, 5.41) is 8.73. The summed E-state index contributed by atoms with van der Waals surface area (Å²) in [6, 6.07) is 0. The highest BCUT2D eigenvalue weighted by Crippen LogP contribution is 2.32. The third-order valence-corrected chi connectivity index (χ3v) is 2.09. The lowest BCUT2D eigenvalue weighted by molar-refractivity contribution is -0.155. The van der Waals surface area contributed by atoms with Gasteiger partial charge in [-0.2, -0.15) is 0 Å². The fourth-order valence-electron chi connectivity index (χ4n) is 1.43. The van der Waals surface area contributed by atoms with E-state index in [9.17, 15) is 14.4 Å². The average molecular weight is 170 g/mol. The minimum absolute atomic E-state index is 0.0198. The Bertz CT molecular complexity index is 238. The molecule has 4 nitrogen and oxygen atoms in total. The van der Waals surface area contributed by atoms with E-state index in [1.165, 1.54) is 6.92 Å². The lowest BCUT2D eigenvalue weighted by Crippen LogP contribution is -2.37. The van der Waals surface area contributed by atoms with Gasteiger partial charge in [0.2, 0.25) is 0 Å². The van der Waals surface area contributed by atoms with Gasteiger partial charge in [-0.25, -0.2) is 0 Å². The Hall–Kier alpha value is -1.19. The molecular formula is C8H10O4. The normalized spacial score (nSPS) is 22.4. The second-order valence-corrected chi connectivity index (χ2v) is 3.47. The summed E-state index contributed by atoms with van der Waals surface area (Å²) in [7, 11) is 0. The average Bonchev–Trinajstić information content (AvgIpc) is 1.82. The Morgan fingerprint density at radius 3 is 2.08 bits per heavy atom. The minimum atomic E-state index is -1.16. The molecule has 0 bridgehead atoms. The van der Waals surface area contributed by atoms with Gasteiger partial charge >= 0.3 is 5.97 Å². The van der Waals surface area contributed by atoms with E-state index in [0.29, 0.717) is 0 Å². The minimum Gasteiger partial charge on any atom is -0.481 e. The number of hydrogen-bond acceptors (Lipinski definition) is 3. The van der Waals surface area contributed by atoms with Gasteiger partial charge in [-0.1, -0.05) is 0 Å². The van der Waals surface area contributed by atoms with Gasteiger partial charge in [-0.05, 0) is 6.92 Å². The maximum atomic E-state index is 10.9. The number of hydrogen-bond donors (Lipinski definition) is 1. The number of rotatable bonds is 1. The molecule has 1 rings (SSSR count). The van der Waals surface area contributed by atoms with Crippen molar-refractivity contribution >= 4 is 17.5 Å². The number of carbonyl (C=O) groups excluding carboxylic acids is 2. The SMILES string of the molecule is CC1(C(=O)O)CC(=O)CC(=O)C1. The molecule has 1 N–H and O–H groups in total. The van der Waals surface area contributed by atoms with Gasteiger partial charge in [-0.15, -0.1) is 0 Å². The highest BCUT2D eigenvalue weighted by atomic mass is 16.4. The van der Waals surface area contributed by atoms with E-state index in [1.807, 2.05) is 0 Å². The summed E-state index contributed by atoms with van der Waals surface area (Å²) < 4.78 is 0. The monoisotopic (exact) mass is 170 g/mol. The highest BCUT2D eigenvalue weighted by molar-refractivity contribution is 6.05. The van der Waals surface area contributed by atoms with Crippen molar-refractivity contribution in [2.24, 2.45) is 5.41 Å². The van der Waals surface area contributed by atoms with Crippen LogP contribution in [0.25, 0.3) is 0 Å². The van der Waals surface area contributed by atoms with Crippen LogP contribution in [0.15, 0.2) is 0 Å². The number of aliphatic carboxylic acids is 1. The topological polar surface area (TPSA) is 71.4 Å². The van der Waals surface area contributed by atoms with Crippen LogP contribution in [0.5, 0.6) is 0 Å². The number of carboxylic acids is 1. The second kappa shape index (κ2) is 2.69. The maximum Gasteiger partial charge on any atom is 0.310 e. The first-order valence-electron chi connectivity index (χ1n) is 3.71. The predicted octanol–water partition coefficient (Wildman–Crippen LogP) is 0.399. The third-order valence-electron chi connectivity index (χ3n) is 2.09. The van der Waals surface area contributed by atoms with E-state index in [1.54, 1.807) is 0 Å². The van der Waals surface area contributed by atoms with E-state index in [4.69, 9.17) is 5.11 Å². The van der Waals surface area contributed by atoms with E-state index < -0.39 is 11.4 Å². The summed E-state index contributed by atoms with van der Waals surface area (Å²) in [4.78, 5) is 32.5. The number of Topliss-reactive ketones (excluding diaryl/α,β-unsaturated/α-hetero) is 2. The van der Waals surface area contributed by atoms with Gasteiger partial charge in [-0.3, -0.25) is 14.4 Å². The molecule has 1 saturated carbocycles. The molecule has 0 heterocycles. The number of carboxylic acid groups (broad SMARTS) is 1. The highest BCUT2D eigenvalue weighted by Gasteiger charge is 2.41. The van der Waals surface area contributed by atoms with Crippen LogP contribution in [0.2, 0.25) is 0 Å². The van der Waals surface area contributed by atoms with E-state index in [0.717, 1.165) is 0 Å². The summed E-state index contributed by atoms with van der Waals surface area (Å²) >= 11 is 0. The molecule has 66 valence electrons. The van der Waals surface area contributed by atoms with Crippen LogP contribution in [0.4, 0.5) is 0 Å². The van der Waals surface area contributed by atoms with Crippen molar-refractivity contribution in [1.82, 2.24) is 0 Å².